The SMILES string of the molecule is N#CC1(CC2Cc3ccccc3S2)CCCS1. The fourth-order valence-electron chi connectivity index (χ4n) is 2.73. The first-order valence-corrected chi connectivity index (χ1v) is 7.98. The molecule has 2 aliphatic heterocycles. The average Bonchev–Trinajstić information content (AvgIpc) is 2.95. The van der Waals surface area contributed by atoms with E-state index in [-0.39, 0.29) is 4.75 Å². The second-order valence-electron chi connectivity index (χ2n) is 4.81. The fraction of sp³-hybridized carbons (Fsp3) is 0.500. The van der Waals surface area contributed by atoms with E-state index in [9.17, 15) is 5.26 Å². The van der Waals surface area contributed by atoms with Crippen molar-refractivity contribution in [3.8, 4) is 6.07 Å². The summed E-state index contributed by atoms with van der Waals surface area (Å²) in [6.45, 7) is 0. The van der Waals surface area contributed by atoms with E-state index in [4.69, 9.17) is 0 Å². The molecule has 2 aliphatic rings. The number of thioether (sulfide) groups is 2. The third-order valence-electron chi connectivity index (χ3n) is 3.58. The van der Waals surface area contributed by atoms with E-state index in [0.717, 1.165) is 25.0 Å². The van der Waals surface area contributed by atoms with E-state index in [2.05, 4.69) is 30.3 Å². The molecular formula is C14H15NS2. The van der Waals surface area contributed by atoms with Gasteiger partial charge in [0.2, 0.25) is 0 Å². The summed E-state index contributed by atoms with van der Waals surface area (Å²) < 4.78 is -0.0836. The summed E-state index contributed by atoms with van der Waals surface area (Å²) >= 11 is 3.85. The van der Waals surface area contributed by atoms with Crippen molar-refractivity contribution >= 4 is 23.5 Å². The highest BCUT2D eigenvalue weighted by Gasteiger charge is 2.38. The zero-order valence-corrected chi connectivity index (χ0v) is 11.3. The van der Waals surface area contributed by atoms with E-state index >= 15 is 0 Å². The number of hydrogen-bond donors (Lipinski definition) is 0. The molecule has 3 rings (SSSR count). The van der Waals surface area contributed by atoms with E-state index in [0.29, 0.717) is 5.25 Å². The molecule has 1 aromatic rings. The molecule has 0 radical (unpaired) electrons. The molecule has 0 saturated carbocycles. The minimum atomic E-state index is -0.0836. The van der Waals surface area contributed by atoms with Gasteiger partial charge in [0.1, 0.15) is 4.75 Å². The third kappa shape index (κ3) is 2.21. The summed E-state index contributed by atoms with van der Waals surface area (Å²) in [6.07, 6.45) is 4.49. The Labute approximate surface area is 111 Å². The van der Waals surface area contributed by atoms with Gasteiger partial charge in [-0.1, -0.05) is 18.2 Å². The highest BCUT2D eigenvalue weighted by Crippen LogP contribution is 2.47. The van der Waals surface area contributed by atoms with Crippen LogP contribution in [0.1, 0.15) is 24.8 Å². The molecule has 0 amide bonds. The average molecular weight is 261 g/mol. The molecule has 17 heavy (non-hydrogen) atoms. The Hall–Kier alpha value is -0.590. The Morgan fingerprint density at radius 3 is 3.00 bits per heavy atom. The molecule has 0 spiro atoms. The van der Waals surface area contributed by atoms with Gasteiger partial charge < -0.3 is 0 Å². The summed E-state index contributed by atoms with van der Waals surface area (Å²) in [5.74, 6) is 1.16. The van der Waals surface area contributed by atoms with Crippen LogP contribution in [0.2, 0.25) is 0 Å². The highest BCUT2D eigenvalue weighted by molar-refractivity contribution is 8.01. The van der Waals surface area contributed by atoms with Gasteiger partial charge in [0.25, 0.3) is 0 Å². The molecule has 2 unspecified atom stereocenters. The van der Waals surface area contributed by atoms with Crippen molar-refractivity contribution in [2.24, 2.45) is 0 Å². The second kappa shape index (κ2) is 4.59. The summed E-state index contributed by atoms with van der Waals surface area (Å²) in [5, 5.41) is 10.0. The molecule has 1 saturated heterocycles. The predicted octanol–water partition coefficient (Wildman–Crippen LogP) is 3.88. The van der Waals surface area contributed by atoms with Crippen molar-refractivity contribution in [2.45, 2.75) is 40.6 Å². The van der Waals surface area contributed by atoms with Gasteiger partial charge in [-0.05, 0) is 43.1 Å². The summed E-state index contributed by atoms with van der Waals surface area (Å²) in [6, 6.07) is 11.2. The lowest BCUT2D eigenvalue weighted by molar-refractivity contribution is 0.604. The Bertz CT molecular complexity index is 433. The van der Waals surface area contributed by atoms with Crippen molar-refractivity contribution in [3.63, 3.8) is 0 Å². The number of nitriles is 1. The maximum Gasteiger partial charge on any atom is 0.103 e. The van der Waals surface area contributed by atoms with Crippen LogP contribution < -0.4 is 0 Å². The highest BCUT2D eigenvalue weighted by atomic mass is 32.2. The van der Waals surface area contributed by atoms with Crippen molar-refractivity contribution in [3.05, 3.63) is 29.8 Å². The first-order chi connectivity index (χ1) is 8.31. The van der Waals surface area contributed by atoms with Crippen LogP contribution in [0, 0.1) is 11.3 Å². The molecule has 2 atom stereocenters. The third-order valence-corrected chi connectivity index (χ3v) is 6.40. The van der Waals surface area contributed by atoms with Gasteiger partial charge >= 0.3 is 0 Å². The molecule has 0 bridgehead atoms. The summed E-state index contributed by atoms with van der Waals surface area (Å²) in [7, 11) is 0. The second-order valence-corrected chi connectivity index (χ2v) is 7.63. The van der Waals surface area contributed by atoms with Crippen molar-refractivity contribution in [1.29, 1.82) is 5.26 Å². The molecule has 0 N–H and O–H groups in total. The molecule has 0 aliphatic carbocycles. The molecule has 1 fully saturated rings. The van der Waals surface area contributed by atoms with Gasteiger partial charge in [-0.25, -0.2) is 0 Å². The zero-order valence-electron chi connectivity index (χ0n) is 9.69. The number of nitrogens with zero attached hydrogens (tertiary/aromatic N) is 1. The van der Waals surface area contributed by atoms with Crippen LogP contribution in [0.25, 0.3) is 0 Å². The summed E-state index contributed by atoms with van der Waals surface area (Å²) in [5.41, 5.74) is 1.47. The van der Waals surface area contributed by atoms with Gasteiger partial charge in [-0.2, -0.15) is 5.26 Å². The predicted molar refractivity (Wildman–Crippen MR) is 74.4 cm³/mol. The van der Waals surface area contributed by atoms with Gasteiger partial charge in [-0.3, -0.25) is 0 Å². The minimum Gasteiger partial charge on any atom is -0.197 e. The topological polar surface area (TPSA) is 23.8 Å². The van der Waals surface area contributed by atoms with Crippen LogP contribution in [0.3, 0.4) is 0 Å². The van der Waals surface area contributed by atoms with Crippen molar-refractivity contribution in [1.82, 2.24) is 0 Å². The van der Waals surface area contributed by atoms with E-state index in [1.54, 1.807) is 0 Å². The van der Waals surface area contributed by atoms with Gasteiger partial charge in [0, 0.05) is 10.1 Å². The van der Waals surface area contributed by atoms with Gasteiger partial charge in [0.05, 0.1) is 6.07 Å². The van der Waals surface area contributed by atoms with Gasteiger partial charge in [-0.15, -0.1) is 23.5 Å². The Morgan fingerprint density at radius 1 is 1.41 bits per heavy atom. The lowest BCUT2D eigenvalue weighted by Crippen LogP contribution is -2.24. The maximum atomic E-state index is 9.41. The molecule has 2 heterocycles. The molecule has 0 aromatic heterocycles. The fourth-order valence-corrected chi connectivity index (χ4v) is 5.63. The maximum absolute atomic E-state index is 9.41. The van der Waals surface area contributed by atoms with Crippen molar-refractivity contribution in [2.75, 3.05) is 5.75 Å². The number of benzene rings is 1. The molecule has 1 aromatic carbocycles. The largest absolute Gasteiger partial charge is 0.197 e. The Balaban J connectivity index is 1.71. The van der Waals surface area contributed by atoms with Crippen LogP contribution in [-0.4, -0.2) is 15.7 Å². The Kier molecular flexibility index (Phi) is 3.10. The standard InChI is InChI=1S/C14H15NS2/c15-10-14(6-3-7-16-14)9-12-8-11-4-1-2-5-13(11)17-12/h1-2,4-5,12H,3,6-9H2. The summed E-state index contributed by atoms with van der Waals surface area (Å²) in [4.78, 5) is 1.42. The van der Waals surface area contributed by atoms with Crippen LogP contribution >= 0.6 is 23.5 Å². The first-order valence-electron chi connectivity index (χ1n) is 6.11. The lowest BCUT2D eigenvalue weighted by atomic mass is 9.96. The van der Waals surface area contributed by atoms with Crippen LogP contribution in [0.5, 0.6) is 0 Å². The van der Waals surface area contributed by atoms with Crippen LogP contribution in [0.15, 0.2) is 29.2 Å². The molecule has 3 heteroatoms. The molecular weight excluding hydrogens is 246 g/mol. The lowest BCUT2D eigenvalue weighted by Gasteiger charge is -2.22. The normalized spacial score (nSPS) is 31.1. The number of fused-ring (bicyclic) bond motifs is 1. The molecule has 88 valence electrons. The van der Waals surface area contributed by atoms with E-state index in [1.807, 2.05) is 23.5 Å². The zero-order chi connectivity index (χ0) is 11.7. The van der Waals surface area contributed by atoms with Crippen LogP contribution in [-0.2, 0) is 6.42 Å². The smallest absolute Gasteiger partial charge is 0.103 e. The monoisotopic (exact) mass is 261 g/mol. The van der Waals surface area contributed by atoms with Crippen molar-refractivity contribution < 1.29 is 0 Å². The first kappa shape index (κ1) is 11.5. The molecule has 1 nitrogen and oxygen atoms in total. The quantitative estimate of drug-likeness (QED) is 0.807. The van der Waals surface area contributed by atoms with E-state index in [1.165, 1.54) is 16.9 Å². The number of hydrogen-bond acceptors (Lipinski definition) is 3. The van der Waals surface area contributed by atoms with Crippen LogP contribution in [0.4, 0.5) is 0 Å². The van der Waals surface area contributed by atoms with E-state index < -0.39 is 0 Å². The number of rotatable bonds is 2. The minimum absolute atomic E-state index is 0.0836. The van der Waals surface area contributed by atoms with Gasteiger partial charge in [0.15, 0.2) is 0 Å². The Morgan fingerprint density at radius 2 is 2.29 bits per heavy atom.